The highest BCUT2D eigenvalue weighted by atomic mass is 16.5. The molecular weight excluding hydrogens is 282 g/mol. The molecule has 6 heteroatoms. The van der Waals surface area contributed by atoms with Gasteiger partial charge in [0.15, 0.2) is 6.10 Å². The van der Waals surface area contributed by atoms with E-state index in [9.17, 15) is 9.59 Å². The first-order valence-electron chi connectivity index (χ1n) is 7.91. The smallest absolute Gasteiger partial charge is 0.309 e. The minimum absolute atomic E-state index is 0.0501. The van der Waals surface area contributed by atoms with E-state index in [1.807, 2.05) is 20.9 Å². The molecule has 1 saturated carbocycles. The van der Waals surface area contributed by atoms with Crippen molar-refractivity contribution in [3.8, 4) is 0 Å². The Morgan fingerprint density at radius 3 is 2.45 bits per heavy atom. The second-order valence-electron chi connectivity index (χ2n) is 6.07. The molecule has 1 fully saturated rings. The van der Waals surface area contributed by atoms with E-state index >= 15 is 0 Å². The van der Waals surface area contributed by atoms with Crippen LogP contribution in [0.5, 0.6) is 0 Å². The number of hydrogen-bond acceptors (Lipinski definition) is 4. The highest BCUT2D eigenvalue weighted by Gasteiger charge is 2.27. The molecule has 1 atom stereocenters. The number of ether oxygens (including phenoxy) is 1. The summed E-state index contributed by atoms with van der Waals surface area (Å²) in [7, 11) is 1.82. The summed E-state index contributed by atoms with van der Waals surface area (Å²) >= 11 is 0. The van der Waals surface area contributed by atoms with E-state index in [1.165, 1.54) is 6.42 Å². The summed E-state index contributed by atoms with van der Waals surface area (Å²) < 4.78 is 7.04. The molecule has 22 heavy (non-hydrogen) atoms. The molecule has 1 unspecified atom stereocenters. The van der Waals surface area contributed by atoms with Crippen molar-refractivity contribution in [3.05, 3.63) is 11.4 Å². The van der Waals surface area contributed by atoms with E-state index in [4.69, 9.17) is 4.74 Å². The Morgan fingerprint density at radius 2 is 1.91 bits per heavy atom. The molecule has 1 aliphatic carbocycles. The molecule has 1 amide bonds. The highest BCUT2D eigenvalue weighted by molar-refractivity contribution is 5.96. The fourth-order valence-electron chi connectivity index (χ4n) is 2.84. The number of hydrogen-bond donors (Lipinski definition) is 1. The van der Waals surface area contributed by atoms with E-state index in [1.54, 1.807) is 11.6 Å². The Morgan fingerprint density at radius 1 is 1.27 bits per heavy atom. The van der Waals surface area contributed by atoms with E-state index in [0.717, 1.165) is 37.1 Å². The van der Waals surface area contributed by atoms with Gasteiger partial charge in [-0.3, -0.25) is 14.3 Å². The van der Waals surface area contributed by atoms with Crippen molar-refractivity contribution < 1.29 is 14.3 Å². The van der Waals surface area contributed by atoms with Crippen LogP contribution >= 0.6 is 0 Å². The Hall–Kier alpha value is -1.85. The van der Waals surface area contributed by atoms with Crippen molar-refractivity contribution in [2.75, 3.05) is 5.32 Å². The van der Waals surface area contributed by atoms with Crippen LogP contribution in [0, 0.1) is 19.8 Å². The molecule has 0 spiro atoms. The molecular formula is C16H25N3O3. The summed E-state index contributed by atoms with van der Waals surface area (Å²) in [6.07, 6.45) is 4.25. The van der Waals surface area contributed by atoms with E-state index < -0.39 is 6.10 Å². The number of aryl methyl sites for hydroxylation is 2. The van der Waals surface area contributed by atoms with Gasteiger partial charge in [-0.2, -0.15) is 5.10 Å². The van der Waals surface area contributed by atoms with Crippen LogP contribution in [0.25, 0.3) is 0 Å². The maximum absolute atomic E-state index is 12.2. The van der Waals surface area contributed by atoms with Crippen molar-refractivity contribution in [1.82, 2.24) is 9.78 Å². The number of nitrogens with one attached hydrogen (secondary N) is 1. The van der Waals surface area contributed by atoms with Gasteiger partial charge in [-0.05, 0) is 33.6 Å². The molecule has 1 aromatic heterocycles. The molecule has 0 radical (unpaired) electrons. The number of amides is 1. The number of carbonyl (C=O) groups excluding carboxylic acids is 2. The van der Waals surface area contributed by atoms with Gasteiger partial charge in [-0.1, -0.05) is 19.3 Å². The average molecular weight is 307 g/mol. The largest absolute Gasteiger partial charge is 0.452 e. The van der Waals surface area contributed by atoms with Crippen LogP contribution in [0.2, 0.25) is 0 Å². The van der Waals surface area contributed by atoms with E-state index in [2.05, 4.69) is 10.4 Å². The monoisotopic (exact) mass is 307 g/mol. The van der Waals surface area contributed by atoms with Gasteiger partial charge >= 0.3 is 5.97 Å². The Balaban J connectivity index is 1.93. The van der Waals surface area contributed by atoms with Crippen LogP contribution in [0.3, 0.4) is 0 Å². The standard InChI is InChI=1S/C16H25N3O3/c1-10-14(11(2)19(4)18-10)17-15(20)12(3)22-16(21)13-8-6-5-7-9-13/h12-13H,5-9H2,1-4H3,(H,17,20). The molecule has 0 aromatic carbocycles. The number of aromatic nitrogens is 2. The number of anilines is 1. The lowest BCUT2D eigenvalue weighted by molar-refractivity contribution is -0.158. The lowest BCUT2D eigenvalue weighted by Crippen LogP contribution is -2.33. The minimum atomic E-state index is -0.798. The predicted molar refractivity (Wildman–Crippen MR) is 83.4 cm³/mol. The lowest BCUT2D eigenvalue weighted by atomic mass is 9.89. The topological polar surface area (TPSA) is 73.2 Å². The zero-order chi connectivity index (χ0) is 16.3. The molecule has 1 heterocycles. The third kappa shape index (κ3) is 3.67. The fourth-order valence-corrected chi connectivity index (χ4v) is 2.84. The second kappa shape index (κ2) is 6.94. The first-order chi connectivity index (χ1) is 10.4. The molecule has 1 aromatic rings. The van der Waals surface area contributed by atoms with E-state index in [-0.39, 0.29) is 17.8 Å². The van der Waals surface area contributed by atoms with Gasteiger partial charge in [0.2, 0.25) is 0 Å². The van der Waals surface area contributed by atoms with Crippen molar-refractivity contribution in [2.45, 2.75) is 59.0 Å². The summed E-state index contributed by atoms with van der Waals surface area (Å²) in [4.78, 5) is 24.3. The van der Waals surface area contributed by atoms with Gasteiger partial charge in [0.25, 0.3) is 5.91 Å². The highest BCUT2D eigenvalue weighted by Crippen LogP contribution is 2.25. The van der Waals surface area contributed by atoms with E-state index in [0.29, 0.717) is 5.69 Å². The van der Waals surface area contributed by atoms with Crippen molar-refractivity contribution in [3.63, 3.8) is 0 Å². The van der Waals surface area contributed by atoms with Gasteiger partial charge in [0.05, 0.1) is 23.0 Å². The molecule has 2 rings (SSSR count). The predicted octanol–water partition coefficient (Wildman–Crippen LogP) is 2.49. The summed E-state index contributed by atoms with van der Waals surface area (Å²) in [5.74, 6) is -0.615. The lowest BCUT2D eigenvalue weighted by Gasteiger charge is -2.22. The number of nitrogens with zero attached hydrogens (tertiary/aromatic N) is 2. The fraction of sp³-hybridized carbons (Fsp3) is 0.688. The molecule has 0 bridgehead atoms. The van der Waals surface area contributed by atoms with Crippen molar-refractivity contribution in [2.24, 2.45) is 13.0 Å². The van der Waals surface area contributed by atoms with Crippen LogP contribution in [0.4, 0.5) is 5.69 Å². The number of esters is 1. The quantitative estimate of drug-likeness (QED) is 0.867. The van der Waals surface area contributed by atoms with Crippen LogP contribution in [0.1, 0.15) is 50.4 Å². The van der Waals surface area contributed by atoms with Crippen molar-refractivity contribution >= 4 is 17.6 Å². The summed E-state index contributed by atoms with van der Waals surface area (Å²) in [5, 5.41) is 7.06. The normalized spacial score (nSPS) is 17.1. The number of carbonyl (C=O) groups is 2. The zero-order valence-electron chi connectivity index (χ0n) is 13.8. The molecule has 1 N–H and O–H groups in total. The van der Waals surface area contributed by atoms with Gasteiger partial charge in [0.1, 0.15) is 0 Å². The summed E-state index contributed by atoms with van der Waals surface area (Å²) in [6, 6.07) is 0. The number of rotatable bonds is 4. The van der Waals surface area contributed by atoms with Crippen LogP contribution < -0.4 is 5.32 Å². The van der Waals surface area contributed by atoms with Gasteiger partial charge < -0.3 is 10.1 Å². The molecule has 0 saturated heterocycles. The maximum atomic E-state index is 12.2. The summed E-state index contributed by atoms with van der Waals surface area (Å²) in [6.45, 7) is 5.33. The summed E-state index contributed by atoms with van der Waals surface area (Å²) in [5.41, 5.74) is 2.31. The second-order valence-corrected chi connectivity index (χ2v) is 6.07. The zero-order valence-corrected chi connectivity index (χ0v) is 13.8. The Kier molecular flexibility index (Phi) is 5.21. The van der Waals surface area contributed by atoms with Gasteiger partial charge in [-0.25, -0.2) is 0 Å². The van der Waals surface area contributed by atoms with Gasteiger partial charge in [0, 0.05) is 7.05 Å². The van der Waals surface area contributed by atoms with Crippen molar-refractivity contribution in [1.29, 1.82) is 0 Å². The first-order valence-corrected chi connectivity index (χ1v) is 7.91. The Bertz CT molecular complexity index is 559. The minimum Gasteiger partial charge on any atom is -0.452 e. The molecule has 122 valence electrons. The molecule has 0 aliphatic heterocycles. The molecule has 6 nitrogen and oxygen atoms in total. The average Bonchev–Trinajstić information content (AvgIpc) is 2.74. The Labute approximate surface area is 131 Å². The maximum Gasteiger partial charge on any atom is 0.309 e. The van der Waals surface area contributed by atoms with Crippen LogP contribution in [-0.2, 0) is 21.4 Å². The first kappa shape index (κ1) is 16.5. The van der Waals surface area contributed by atoms with Gasteiger partial charge in [-0.15, -0.1) is 0 Å². The SMILES string of the molecule is Cc1nn(C)c(C)c1NC(=O)C(C)OC(=O)C1CCCCC1. The van der Waals surface area contributed by atoms with Crippen LogP contribution in [0.15, 0.2) is 0 Å². The van der Waals surface area contributed by atoms with Crippen LogP contribution in [-0.4, -0.2) is 27.8 Å². The third-order valence-corrected chi connectivity index (χ3v) is 4.36. The molecule has 1 aliphatic rings. The third-order valence-electron chi connectivity index (χ3n) is 4.36.